The number of aromatic nitrogens is 2. The molecule has 0 saturated heterocycles. The number of nitrogens with zero attached hydrogens (tertiary/aromatic N) is 2. The minimum absolute atomic E-state index is 0.0679. The number of benzene rings is 1. The lowest BCUT2D eigenvalue weighted by Crippen LogP contribution is -2.42. The molecule has 0 fully saturated rings. The topological polar surface area (TPSA) is 90.1 Å². The number of imidazole rings is 1. The number of carbonyl (C=O) groups excluding carboxylic acids is 2. The lowest BCUT2D eigenvalue weighted by atomic mass is 10.3. The number of fused-ring (bicyclic) bond motifs is 1. The molecule has 0 aliphatic rings. The van der Waals surface area contributed by atoms with Crippen LogP contribution in [0.3, 0.4) is 0 Å². The molecule has 1 atom stereocenters. The third-order valence-electron chi connectivity index (χ3n) is 3.00. The lowest BCUT2D eigenvalue weighted by Gasteiger charge is -2.14. The van der Waals surface area contributed by atoms with Gasteiger partial charge in [-0.05, 0) is 19.1 Å². The molecular weight excluding hydrogens is 270 g/mol. The molecule has 0 bridgehead atoms. The molecule has 0 spiro atoms. The van der Waals surface area contributed by atoms with Gasteiger partial charge in [-0.25, -0.2) is 9.78 Å². The van der Waals surface area contributed by atoms with E-state index in [9.17, 15) is 9.59 Å². The number of para-hydroxylation sites is 2. The highest BCUT2D eigenvalue weighted by atomic mass is 16.2. The van der Waals surface area contributed by atoms with Crippen molar-refractivity contribution in [3.63, 3.8) is 0 Å². The van der Waals surface area contributed by atoms with E-state index < -0.39 is 0 Å². The van der Waals surface area contributed by atoms with Gasteiger partial charge in [-0.1, -0.05) is 12.1 Å². The van der Waals surface area contributed by atoms with Crippen LogP contribution in [0.25, 0.3) is 11.0 Å². The molecule has 3 amide bonds. The fraction of sp³-hybridized carbons (Fsp3) is 0.357. The van der Waals surface area contributed by atoms with Crippen LogP contribution in [-0.4, -0.2) is 47.4 Å². The quantitative estimate of drug-likeness (QED) is 0.784. The summed E-state index contributed by atoms with van der Waals surface area (Å²) < 4.78 is 0. The molecule has 7 nitrogen and oxygen atoms in total. The van der Waals surface area contributed by atoms with Crippen LogP contribution in [0.1, 0.15) is 18.8 Å². The first-order valence-electron chi connectivity index (χ1n) is 6.66. The summed E-state index contributed by atoms with van der Waals surface area (Å²) in [7, 11) is 3.23. The molecule has 7 heteroatoms. The molecule has 3 N–H and O–H groups in total. The van der Waals surface area contributed by atoms with Gasteiger partial charge in [-0.15, -0.1) is 0 Å². The average Bonchev–Trinajstić information content (AvgIpc) is 2.88. The third-order valence-corrected chi connectivity index (χ3v) is 3.00. The number of urea groups is 1. The third kappa shape index (κ3) is 3.71. The second-order valence-corrected chi connectivity index (χ2v) is 4.98. The lowest BCUT2D eigenvalue weighted by molar-refractivity contribution is -0.120. The van der Waals surface area contributed by atoms with Crippen molar-refractivity contribution in [2.45, 2.75) is 13.0 Å². The Balaban J connectivity index is 1.93. The van der Waals surface area contributed by atoms with Crippen molar-refractivity contribution in [1.29, 1.82) is 0 Å². The van der Waals surface area contributed by atoms with Crippen LogP contribution >= 0.6 is 0 Å². The molecule has 1 unspecified atom stereocenters. The Morgan fingerprint density at radius 3 is 2.71 bits per heavy atom. The largest absolute Gasteiger partial charge is 0.345 e. The molecule has 21 heavy (non-hydrogen) atoms. The van der Waals surface area contributed by atoms with Crippen LogP contribution in [0.5, 0.6) is 0 Å². The maximum Gasteiger partial charge on any atom is 0.317 e. The first kappa shape index (κ1) is 14.8. The van der Waals surface area contributed by atoms with Crippen LogP contribution in [-0.2, 0) is 4.79 Å². The van der Waals surface area contributed by atoms with Crippen molar-refractivity contribution in [3.8, 4) is 0 Å². The number of carbonyl (C=O) groups is 2. The van der Waals surface area contributed by atoms with Crippen LogP contribution in [0, 0.1) is 0 Å². The van der Waals surface area contributed by atoms with Gasteiger partial charge in [0.2, 0.25) is 5.91 Å². The fourth-order valence-corrected chi connectivity index (χ4v) is 1.85. The Kier molecular flexibility index (Phi) is 4.42. The number of hydrogen-bond acceptors (Lipinski definition) is 3. The van der Waals surface area contributed by atoms with Crippen molar-refractivity contribution in [2.75, 3.05) is 20.6 Å². The van der Waals surface area contributed by atoms with Crippen molar-refractivity contribution in [1.82, 2.24) is 25.5 Å². The molecule has 1 aromatic heterocycles. The van der Waals surface area contributed by atoms with Crippen molar-refractivity contribution in [3.05, 3.63) is 30.1 Å². The van der Waals surface area contributed by atoms with Crippen LogP contribution < -0.4 is 10.6 Å². The van der Waals surface area contributed by atoms with Gasteiger partial charge in [-0.2, -0.15) is 0 Å². The first-order chi connectivity index (χ1) is 9.97. The Morgan fingerprint density at radius 2 is 2.05 bits per heavy atom. The SMILES string of the molecule is CC(NC(=O)CNC(=O)N(C)C)c1nc2ccccc2[nH]1. The predicted molar refractivity (Wildman–Crippen MR) is 79.7 cm³/mol. The van der Waals surface area contributed by atoms with E-state index in [1.807, 2.05) is 31.2 Å². The Labute approximate surface area is 122 Å². The molecule has 0 aliphatic heterocycles. The maximum atomic E-state index is 11.8. The highest BCUT2D eigenvalue weighted by Gasteiger charge is 2.14. The second kappa shape index (κ2) is 6.25. The van der Waals surface area contributed by atoms with Crippen LogP contribution in [0.4, 0.5) is 4.79 Å². The molecule has 2 aromatic rings. The second-order valence-electron chi connectivity index (χ2n) is 4.98. The Hall–Kier alpha value is -2.57. The summed E-state index contributed by atoms with van der Waals surface area (Å²) in [6.45, 7) is 1.77. The smallest absolute Gasteiger partial charge is 0.317 e. The molecule has 2 rings (SSSR count). The zero-order valence-corrected chi connectivity index (χ0v) is 12.3. The number of aromatic amines is 1. The number of amides is 3. The van der Waals surface area contributed by atoms with E-state index in [0.717, 1.165) is 11.0 Å². The molecule has 0 radical (unpaired) electrons. The normalized spacial score (nSPS) is 12.0. The van der Waals surface area contributed by atoms with Gasteiger partial charge < -0.3 is 20.5 Å². The van der Waals surface area contributed by atoms with E-state index in [2.05, 4.69) is 20.6 Å². The predicted octanol–water partition coefficient (Wildman–Crippen LogP) is 1.01. The number of H-pyrrole nitrogens is 1. The summed E-state index contributed by atoms with van der Waals surface area (Å²) in [5, 5.41) is 5.30. The van der Waals surface area contributed by atoms with E-state index >= 15 is 0 Å². The standard InChI is InChI=1S/C14H19N5O2/c1-9(16-12(20)8-15-14(21)19(2)3)13-17-10-6-4-5-7-11(10)18-13/h4-7,9H,8H2,1-3H3,(H,15,21)(H,16,20)(H,17,18). The maximum absolute atomic E-state index is 11.8. The van der Waals surface area contributed by atoms with Gasteiger partial charge in [0.15, 0.2) is 0 Å². The van der Waals surface area contributed by atoms with Gasteiger partial charge in [0, 0.05) is 14.1 Å². The summed E-state index contributed by atoms with van der Waals surface area (Å²) in [4.78, 5) is 32.1. The summed E-state index contributed by atoms with van der Waals surface area (Å²) >= 11 is 0. The average molecular weight is 289 g/mol. The zero-order chi connectivity index (χ0) is 15.4. The highest BCUT2D eigenvalue weighted by Crippen LogP contribution is 2.15. The zero-order valence-electron chi connectivity index (χ0n) is 12.3. The summed E-state index contributed by atoms with van der Waals surface area (Å²) in [5.41, 5.74) is 1.78. The fourth-order valence-electron chi connectivity index (χ4n) is 1.85. The minimum atomic E-state index is -0.304. The van der Waals surface area contributed by atoms with Gasteiger partial charge in [-0.3, -0.25) is 4.79 Å². The summed E-state index contributed by atoms with van der Waals surface area (Å²) in [6.07, 6.45) is 0. The van der Waals surface area contributed by atoms with Gasteiger partial charge in [0.25, 0.3) is 0 Å². The van der Waals surface area contributed by atoms with Crippen LogP contribution in [0.2, 0.25) is 0 Å². The number of rotatable bonds is 4. The first-order valence-corrected chi connectivity index (χ1v) is 6.66. The molecular formula is C14H19N5O2. The van der Waals surface area contributed by atoms with Crippen LogP contribution in [0.15, 0.2) is 24.3 Å². The van der Waals surface area contributed by atoms with E-state index in [4.69, 9.17) is 0 Å². The van der Waals surface area contributed by atoms with E-state index in [1.54, 1.807) is 14.1 Å². The molecule has 112 valence electrons. The monoisotopic (exact) mass is 289 g/mol. The molecule has 0 aliphatic carbocycles. The van der Waals surface area contributed by atoms with Crippen molar-refractivity contribution >= 4 is 23.0 Å². The molecule has 0 saturated carbocycles. The molecule has 1 heterocycles. The number of hydrogen-bond donors (Lipinski definition) is 3. The van der Waals surface area contributed by atoms with E-state index in [-0.39, 0.29) is 24.5 Å². The van der Waals surface area contributed by atoms with E-state index in [1.165, 1.54) is 4.90 Å². The minimum Gasteiger partial charge on any atom is -0.345 e. The summed E-state index contributed by atoms with van der Waals surface area (Å²) in [6, 6.07) is 7.10. The van der Waals surface area contributed by atoms with E-state index in [0.29, 0.717) is 5.82 Å². The summed E-state index contributed by atoms with van der Waals surface area (Å²) in [5.74, 6) is 0.418. The molecule has 1 aromatic carbocycles. The highest BCUT2D eigenvalue weighted by molar-refractivity contribution is 5.84. The Morgan fingerprint density at radius 1 is 1.33 bits per heavy atom. The Bertz CT molecular complexity index is 617. The van der Waals surface area contributed by atoms with Crippen molar-refractivity contribution < 1.29 is 9.59 Å². The van der Waals surface area contributed by atoms with Gasteiger partial charge in [0.05, 0.1) is 23.6 Å². The number of nitrogens with one attached hydrogen (secondary N) is 3. The van der Waals surface area contributed by atoms with Crippen molar-refractivity contribution in [2.24, 2.45) is 0 Å². The van der Waals surface area contributed by atoms with Gasteiger partial charge >= 0.3 is 6.03 Å². The van der Waals surface area contributed by atoms with Gasteiger partial charge in [0.1, 0.15) is 5.82 Å².